The van der Waals surface area contributed by atoms with E-state index in [4.69, 9.17) is 9.47 Å². The second-order valence-electron chi connectivity index (χ2n) is 8.02. The molecule has 3 heterocycles. The topological polar surface area (TPSA) is 52.6 Å². The lowest BCUT2D eigenvalue weighted by atomic mass is 10.1. The van der Waals surface area contributed by atoms with Gasteiger partial charge in [0.2, 0.25) is 0 Å². The summed E-state index contributed by atoms with van der Waals surface area (Å²) in [5.74, 6) is 0.953. The van der Waals surface area contributed by atoms with Crippen LogP contribution in [-0.2, 0) is 16.0 Å². The van der Waals surface area contributed by atoms with Crippen molar-refractivity contribution < 1.29 is 9.47 Å². The maximum absolute atomic E-state index is 6.11. The average Bonchev–Trinajstić information content (AvgIpc) is 3.14. The van der Waals surface area contributed by atoms with Crippen molar-refractivity contribution in [2.75, 3.05) is 66.6 Å². The van der Waals surface area contributed by atoms with Crippen molar-refractivity contribution in [1.29, 1.82) is 0 Å². The molecule has 28 heavy (non-hydrogen) atoms. The zero-order valence-electron chi connectivity index (χ0n) is 17.1. The van der Waals surface area contributed by atoms with Gasteiger partial charge in [0.25, 0.3) is 0 Å². The van der Waals surface area contributed by atoms with Gasteiger partial charge in [0.05, 0.1) is 31.5 Å². The molecule has 7 nitrogen and oxygen atoms in total. The molecule has 7 heteroatoms. The maximum Gasteiger partial charge on any atom is 0.193 e. The van der Waals surface area contributed by atoms with E-state index < -0.39 is 0 Å². The third-order valence-electron chi connectivity index (χ3n) is 5.99. The number of rotatable bonds is 4. The highest BCUT2D eigenvalue weighted by Crippen LogP contribution is 2.24. The Kier molecular flexibility index (Phi) is 6.47. The van der Waals surface area contributed by atoms with Gasteiger partial charge in [-0.05, 0) is 12.6 Å². The highest BCUT2D eigenvalue weighted by molar-refractivity contribution is 5.80. The molecule has 1 aromatic rings. The normalized spacial score (nSPS) is 29.7. The molecule has 3 unspecified atom stereocenters. The zero-order chi connectivity index (χ0) is 19.3. The van der Waals surface area contributed by atoms with Crippen LogP contribution in [-0.4, -0.2) is 105 Å². The van der Waals surface area contributed by atoms with E-state index >= 15 is 0 Å². The molecule has 0 amide bonds. The van der Waals surface area contributed by atoms with Crippen LogP contribution in [0.2, 0.25) is 0 Å². The molecule has 3 aliphatic heterocycles. The summed E-state index contributed by atoms with van der Waals surface area (Å²) in [5, 5.41) is 3.53. The van der Waals surface area contributed by atoms with Gasteiger partial charge in [-0.25, -0.2) is 0 Å². The lowest BCUT2D eigenvalue weighted by Gasteiger charge is -2.36. The molecule has 0 aromatic heterocycles. The van der Waals surface area contributed by atoms with Gasteiger partial charge in [0, 0.05) is 52.9 Å². The Morgan fingerprint density at radius 3 is 2.71 bits per heavy atom. The lowest BCUT2D eigenvalue weighted by Crippen LogP contribution is -2.50. The summed E-state index contributed by atoms with van der Waals surface area (Å²) in [5.41, 5.74) is 1.36. The number of likely N-dealkylation sites (tertiary alicyclic amines) is 1. The van der Waals surface area contributed by atoms with E-state index in [1.54, 1.807) is 0 Å². The van der Waals surface area contributed by atoms with Gasteiger partial charge in [-0.2, -0.15) is 0 Å². The van der Waals surface area contributed by atoms with Crippen LogP contribution < -0.4 is 5.32 Å². The number of hydrogen-bond donors (Lipinski definition) is 1. The Hall–Kier alpha value is -1.67. The number of ether oxygens (including phenoxy) is 2. The van der Waals surface area contributed by atoms with E-state index in [1.165, 1.54) is 5.56 Å². The molecule has 4 rings (SSSR count). The van der Waals surface area contributed by atoms with E-state index in [0.717, 1.165) is 65.0 Å². The zero-order valence-corrected chi connectivity index (χ0v) is 17.1. The van der Waals surface area contributed by atoms with Crippen LogP contribution in [0.3, 0.4) is 0 Å². The van der Waals surface area contributed by atoms with Crippen molar-refractivity contribution in [3.8, 4) is 0 Å². The first-order valence-corrected chi connectivity index (χ1v) is 10.4. The van der Waals surface area contributed by atoms with Crippen LogP contribution in [0, 0.1) is 0 Å². The molecular weight excluding hydrogens is 354 g/mol. The first kappa shape index (κ1) is 19.6. The molecule has 3 atom stereocenters. The number of guanidine groups is 1. The SMILES string of the molecule is CN=C(NCC1CN(C)CCO1)N1CC2OCCN(Cc3ccccc3)C2C1. The molecule has 0 spiro atoms. The fourth-order valence-corrected chi connectivity index (χ4v) is 4.47. The third-order valence-corrected chi connectivity index (χ3v) is 5.99. The summed E-state index contributed by atoms with van der Waals surface area (Å²) in [7, 11) is 4.01. The quantitative estimate of drug-likeness (QED) is 0.599. The third kappa shape index (κ3) is 4.66. The fourth-order valence-electron chi connectivity index (χ4n) is 4.47. The second kappa shape index (κ2) is 9.22. The van der Waals surface area contributed by atoms with Crippen molar-refractivity contribution in [1.82, 2.24) is 20.0 Å². The van der Waals surface area contributed by atoms with Gasteiger partial charge in [0.15, 0.2) is 5.96 Å². The molecule has 154 valence electrons. The minimum atomic E-state index is 0.214. The summed E-state index contributed by atoms with van der Waals surface area (Å²) in [6.45, 7) is 8.17. The van der Waals surface area contributed by atoms with Crippen LogP contribution in [0.5, 0.6) is 0 Å². The largest absolute Gasteiger partial charge is 0.374 e. The van der Waals surface area contributed by atoms with E-state index in [2.05, 4.69) is 62.4 Å². The average molecular weight is 388 g/mol. The van der Waals surface area contributed by atoms with E-state index in [1.807, 2.05) is 7.05 Å². The van der Waals surface area contributed by atoms with Gasteiger partial charge in [-0.1, -0.05) is 30.3 Å². The van der Waals surface area contributed by atoms with Gasteiger partial charge in [-0.3, -0.25) is 9.89 Å². The monoisotopic (exact) mass is 387 g/mol. The van der Waals surface area contributed by atoms with Crippen molar-refractivity contribution in [2.45, 2.75) is 24.8 Å². The van der Waals surface area contributed by atoms with Gasteiger partial charge < -0.3 is 24.6 Å². The van der Waals surface area contributed by atoms with Crippen LogP contribution in [0.25, 0.3) is 0 Å². The molecule has 3 aliphatic rings. The molecular formula is C21H33N5O2. The van der Waals surface area contributed by atoms with Gasteiger partial charge >= 0.3 is 0 Å². The van der Waals surface area contributed by atoms with Crippen LogP contribution in [0.4, 0.5) is 0 Å². The van der Waals surface area contributed by atoms with Crippen molar-refractivity contribution in [2.24, 2.45) is 4.99 Å². The molecule has 0 aliphatic carbocycles. The summed E-state index contributed by atoms with van der Waals surface area (Å²) in [4.78, 5) is 11.8. The fraction of sp³-hybridized carbons (Fsp3) is 0.667. The van der Waals surface area contributed by atoms with Gasteiger partial charge in [0.1, 0.15) is 0 Å². The van der Waals surface area contributed by atoms with Crippen LogP contribution in [0.1, 0.15) is 5.56 Å². The minimum absolute atomic E-state index is 0.214. The Bertz CT molecular complexity index is 655. The molecule has 1 N–H and O–H groups in total. The first-order valence-electron chi connectivity index (χ1n) is 10.4. The highest BCUT2D eigenvalue weighted by Gasteiger charge is 2.41. The number of nitrogens with one attached hydrogen (secondary N) is 1. The predicted octanol–water partition coefficient (Wildman–Crippen LogP) is 0.478. The first-order chi connectivity index (χ1) is 13.7. The van der Waals surface area contributed by atoms with Crippen molar-refractivity contribution >= 4 is 5.96 Å². The van der Waals surface area contributed by atoms with Crippen LogP contribution in [0.15, 0.2) is 35.3 Å². The molecule has 1 aromatic carbocycles. The van der Waals surface area contributed by atoms with E-state index in [9.17, 15) is 0 Å². The smallest absolute Gasteiger partial charge is 0.193 e. The molecule has 0 bridgehead atoms. The maximum atomic E-state index is 6.11. The molecule has 3 saturated heterocycles. The van der Waals surface area contributed by atoms with Crippen molar-refractivity contribution in [3.05, 3.63) is 35.9 Å². The predicted molar refractivity (Wildman–Crippen MR) is 111 cm³/mol. The highest BCUT2D eigenvalue weighted by atomic mass is 16.5. The summed E-state index contributed by atoms with van der Waals surface area (Å²) < 4.78 is 12.0. The number of fused-ring (bicyclic) bond motifs is 1. The van der Waals surface area contributed by atoms with E-state index in [0.29, 0.717) is 6.04 Å². The van der Waals surface area contributed by atoms with E-state index in [-0.39, 0.29) is 12.2 Å². The number of nitrogens with zero attached hydrogens (tertiary/aromatic N) is 4. The molecule has 3 fully saturated rings. The summed E-state index contributed by atoms with van der Waals surface area (Å²) >= 11 is 0. The standard InChI is InChI=1S/C21H33N5O2/c1-22-21(23-12-18-14-24(2)8-10-27-18)26-15-19-20(16-26)28-11-9-25(19)13-17-6-4-3-5-7-17/h3-7,18-20H,8-16H2,1-2H3,(H,22,23). The number of hydrogen-bond acceptors (Lipinski definition) is 5. The Labute approximate surface area is 168 Å². The number of aliphatic imine (C=N–C) groups is 1. The Morgan fingerprint density at radius 2 is 1.93 bits per heavy atom. The second-order valence-corrected chi connectivity index (χ2v) is 8.02. The Morgan fingerprint density at radius 1 is 1.11 bits per heavy atom. The number of benzene rings is 1. The van der Waals surface area contributed by atoms with Crippen LogP contribution >= 0.6 is 0 Å². The minimum Gasteiger partial charge on any atom is -0.374 e. The lowest BCUT2D eigenvalue weighted by molar-refractivity contribution is -0.0502. The number of likely N-dealkylation sites (N-methyl/N-ethyl adjacent to an activating group) is 1. The molecule has 0 saturated carbocycles. The summed E-state index contributed by atoms with van der Waals surface area (Å²) in [6, 6.07) is 11.1. The van der Waals surface area contributed by atoms with Gasteiger partial charge in [-0.15, -0.1) is 0 Å². The van der Waals surface area contributed by atoms with Crippen molar-refractivity contribution in [3.63, 3.8) is 0 Å². The Balaban J connectivity index is 1.34. The summed E-state index contributed by atoms with van der Waals surface area (Å²) in [6.07, 6.45) is 0.458. The molecule has 0 radical (unpaired) electrons. The number of morpholine rings is 2.